The van der Waals surface area contributed by atoms with Crippen molar-refractivity contribution in [3.05, 3.63) is 25.3 Å². The lowest BCUT2D eigenvalue weighted by molar-refractivity contribution is -0.152. The molecule has 0 aromatic carbocycles. The molecule has 0 spiro atoms. The Morgan fingerprint density at radius 3 is 2.35 bits per heavy atom. The molecular weight excluding hydrogens is 332 g/mol. The minimum atomic E-state index is -0.552. The molecule has 0 aromatic rings. The summed E-state index contributed by atoms with van der Waals surface area (Å²) in [5.41, 5.74) is -0.583. The average Bonchev–Trinajstić information content (AvgIpc) is 2.92. The van der Waals surface area contributed by atoms with Gasteiger partial charge >= 0.3 is 11.9 Å². The molecule has 1 fully saturated rings. The fourth-order valence-electron chi connectivity index (χ4n) is 2.71. The Hall–Kier alpha value is -0.880. The topological polar surface area (TPSA) is 52.6 Å². The number of thioether (sulfide) groups is 2. The summed E-state index contributed by atoms with van der Waals surface area (Å²) >= 11 is 3.69. The van der Waals surface area contributed by atoms with E-state index in [-0.39, 0.29) is 16.6 Å². The minimum Gasteiger partial charge on any atom is -0.461 e. The number of rotatable bonds is 8. The lowest BCUT2D eigenvalue weighted by atomic mass is 9.83. The van der Waals surface area contributed by atoms with Crippen LogP contribution in [0.3, 0.4) is 0 Å². The summed E-state index contributed by atoms with van der Waals surface area (Å²) in [7, 11) is 0. The highest BCUT2D eigenvalue weighted by Gasteiger charge is 2.42. The van der Waals surface area contributed by atoms with Crippen molar-refractivity contribution in [3.8, 4) is 0 Å². The van der Waals surface area contributed by atoms with Gasteiger partial charge < -0.3 is 9.47 Å². The molecule has 0 saturated carbocycles. The second-order valence-electron chi connectivity index (χ2n) is 6.81. The van der Waals surface area contributed by atoms with Crippen molar-refractivity contribution in [1.29, 1.82) is 0 Å². The quantitative estimate of drug-likeness (QED) is 0.486. The number of carbonyl (C=O) groups excluding carboxylic acids is 2. The van der Waals surface area contributed by atoms with Gasteiger partial charge in [-0.15, -0.1) is 23.5 Å². The molecule has 6 heteroatoms. The highest BCUT2D eigenvalue weighted by molar-refractivity contribution is 8.20. The van der Waals surface area contributed by atoms with Crippen LogP contribution in [0, 0.1) is 5.41 Å². The van der Waals surface area contributed by atoms with Crippen molar-refractivity contribution in [2.75, 3.05) is 12.4 Å². The molecule has 0 radical (unpaired) electrons. The van der Waals surface area contributed by atoms with E-state index in [1.165, 1.54) is 12.2 Å². The molecule has 2 atom stereocenters. The first-order valence-electron chi connectivity index (χ1n) is 7.51. The lowest BCUT2D eigenvalue weighted by Gasteiger charge is -2.37. The highest BCUT2D eigenvalue weighted by Crippen LogP contribution is 2.50. The van der Waals surface area contributed by atoms with Gasteiger partial charge in [0.05, 0.1) is 4.58 Å². The number of esters is 2. The van der Waals surface area contributed by atoms with Crippen LogP contribution >= 0.6 is 23.5 Å². The van der Waals surface area contributed by atoms with E-state index in [1.807, 2.05) is 37.4 Å². The van der Waals surface area contributed by atoms with Crippen LogP contribution in [0.5, 0.6) is 0 Å². The predicted molar refractivity (Wildman–Crippen MR) is 97.5 cm³/mol. The number of hydrogen-bond acceptors (Lipinski definition) is 6. The predicted octanol–water partition coefficient (Wildman–Crippen LogP) is 3.81. The molecule has 1 aliphatic rings. The smallest absolute Gasteiger partial charge is 0.330 e. The summed E-state index contributed by atoms with van der Waals surface area (Å²) in [5.74, 6) is 0.165. The van der Waals surface area contributed by atoms with Crippen molar-refractivity contribution in [2.45, 2.75) is 49.5 Å². The first-order valence-corrected chi connectivity index (χ1v) is 9.50. The first-order chi connectivity index (χ1) is 10.6. The molecule has 1 rings (SSSR count). The van der Waals surface area contributed by atoms with Crippen LogP contribution in [-0.4, -0.2) is 39.7 Å². The Bertz CT molecular complexity index is 471. The standard InChI is InChI=1S/C17H26O4S2/c1-7-13(18)20-9-12-10-22-15(23-12)16(3,4)11-17(5,6)21-14(19)8-2/h7-8,12,15H,1-2,9-11H2,3-6H3. The van der Waals surface area contributed by atoms with Crippen LogP contribution in [0.25, 0.3) is 0 Å². The summed E-state index contributed by atoms with van der Waals surface area (Å²) in [5, 5.41) is 0.284. The van der Waals surface area contributed by atoms with E-state index in [4.69, 9.17) is 9.47 Å². The highest BCUT2D eigenvalue weighted by atomic mass is 32.2. The fourth-order valence-corrected chi connectivity index (χ4v) is 6.25. The molecular formula is C17H26O4S2. The Labute approximate surface area is 147 Å². The molecule has 2 unspecified atom stereocenters. The minimum absolute atomic E-state index is 0.0303. The van der Waals surface area contributed by atoms with Crippen LogP contribution in [0.1, 0.15) is 34.1 Å². The van der Waals surface area contributed by atoms with Crippen molar-refractivity contribution in [2.24, 2.45) is 5.41 Å². The maximum atomic E-state index is 11.5. The van der Waals surface area contributed by atoms with Gasteiger partial charge in [0.2, 0.25) is 0 Å². The van der Waals surface area contributed by atoms with E-state index in [1.54, 1.807) is 0 Å². The van der Waals surface area contributed by atoms with Gasteiger partial charge in [0.15, 0.2) is 0 Å². The van der Waals surface area contributed by atoms with Gasteiger partial charge in [0.1, 0.15) is 12.2 Å². The summed E-state index contributed by atoms with van der Waals surface area (Å²) in [4.78, 5) is 22.6. The van der Waals surface area contributed by atoms with Gasteiger partial charge in [-0.2, -0.15) is 0 Å². The maximum absolute atomic E-state index is 11.5. The summed E-state index contributed by atoms with van der Waals surface area (Å²) in [6, 6.07) is 0. The van der Waals surface area contributed by atoms with Crippen molar-refractivity contribution in [3.63, 3.8) is 0 Å². The van der Waals surface area contributed by atoms with Crippen LogP contribution in [0.2, 0.25) is 0 Å². The monoisotopic (exact) mass is 358 g/mol. The molecule has 0 amide bonds. The van der Waals surface area contributed by atoms with Crippen molar-refractivity contribution < 1.29 is 19.1 Å². The van der Waals surface area contributed by atoms with Gasteiger partial charge in [-0.25, -0.2) is 9.59 Å². The zero-order chi connectivity index (χ0) is 17.7. The van der Waals surface area contributed by atoms with Gasteiger partial charge in [0, 0.05) is 23.2 Å². The van der Waals surface area contributed by atoms with Crippen LogP contribution in [0.15, 0.2) is 25.3 Å². The number of hydrogen-bond donors (Lipinski definition) is 0. The summed E-state index contributed by atoms with van der Waals surface area (Å²) in [6.45, 7) is 15.4. The molecule has 0 N–H and O–H groups in total. The Balaban J connectivity index is 2.56. The van der Waals surface area contributed by atoms with E-state index in [2.05, 4.69) is 27.0 Å². The fraction of sp³-hybridized carbons (Fsp3) is 0.647. The third-order valence-electron chi connectivity index (χ3n) is 3.39. The van der Waals surface area contributed by atoms with Gasteiger partial charge in [-0.3, -0.25) is 0 Å². The third-order valence-corrected chi connectivity index (χ3v) is 7.45. The Morgan fingerprint density at radius 1 is 1.17 bits per heavy atom. The molecule has 1 aliphatic heterocycles. The van der Waals surface area contributed by atoms with E-state index >= 15 is 0 Å². The number of carbonyl (C=O) groups is 2. The Kier molecular flexibility index (Phi) is 7.27. The van der Waals surface area contributed by atoms with Gasteiger partial charge in [-0.05, 0) is 25.7 Å². The zero-order valence-electron chi connectivity index (χ0n) is 14.3. The average molecular weight is 359 g/mol. The normalized spacial score (nSPS) is 21.6. The molecule has 1 saturated heterocycles. The molecule has 130 valence electrons. The van der Waals surface area contributed by atoms with E-state index in [0.717, 1.165) is 12.2 Å². The first kappa shape index (κ1) is 20.2. The number of ether oxygens (including phenoxy) is 2. The molecule has 0 bridgehead atoms. The Morgan fingerprint density at radius 2 is 1.78 bits per heavy atom. The van der Waals surface area contributed by atoms with Crippen molar-refractivity contribution in [1.82, 2.24) is 0 Å². The van der Waals surface area contributed by atoms with Gasteiger partial charge in [-0.1, -0.05) is 27.0 Å². The summed E-state index contributed by atoms with van der Waals surface area (Å²) in [6.07, 6.45) is 3.12. The van der Waals surface area contributed by atoms with E-state index in [9.17, 15) is 9.59 Å². The van der Waals surface area contributed by atoms with Crippen molar-refractivity contribution >= 4 is 35.5 Å². The van der Waals surface area contributed by atoms with Gasteiger partial charge in [0.25, 0.3) is 0 Å². The lowest BCUT2D eigenvalue weighted by Crippen LogP contribution is -2.37. The molecule has 1 heterocycles. The SMILES string of the molecule is C=CC(=O)OCC1CSC(C(C)(C)CC(C)(C)OC(=O)C=C)S1. The maximum Gasteiger partial charge on any atom is 0.330 e. The summed E-state index contributed by atoms with van der Waals surface area (Å²) < 4.78 is 10.9. The van der Waals surface area contributed by atoms with E-state index in [0.29, 0.717) is 11.2 Å². The molecule has 4 nitrogen and oxygen atoms in total. The second-order valence-corrected chi connectivity index (χ2v) is 9.65. The molecule has 23 heavy (non-hydrogen) atoms. The zero-order valence-corrected chi connectivity index (χ0v) is 15.9. The molecule has 0 aromatic heterocycles. The third kappa shape index (κ3) is 6.63. The largest absolute Gasteiger partial charge is 0.461 e. The van der Waals surface area contributed by atoms with Crippen LogP contribution in [0.4, 0.5) is 0 Å². The van der Waals surface area contributed by atoms with E-state index < -0.39 is 11.6 Å². The second kappa shape index (κ2) is 8.29. The molecule has 0 aliphatic carbocycles. The van der Waals surface area contributed by atoms with Crippen LogP contribution in [-0.2, 0) is 19.1 Å². The van der Waals surface area contributed by atoms with Crippen LogP contribution < -0.4 is 0 Å².